The number of benzene rings is 1. The smallest absolute Gasteiger partial charge is 0.249 e. The van der Waals surface area contributed by atoms with Crippen molar-refractivity contribution >= 4 is 28.0 Å². The van der Waals surface area contributed by atoms with E-state index in [-0.39, 0.29) is 5.75 Å². The molecule has 1 aromatic carbocycles. The molecule has 7 heteroatoms. The third kappa shape index (κ3) is 3.51. The first-order valence-corrected chi connectivity index (χ1v) is 7.13. The number of anilines is 1. The predicted octanol–water partition coefficient (Wildman–Crippen LogP) is 3.81. The lowest BCUT2D eigenvalue weighted by Crippen LogP contribution is -2.17. The van der Waals surface area contributed by atoms with Gasteiger partial charge in [0, 0.05) is 36.9 Å². The molecule has 0 aliphatic rings. The van der Waals surface area contributed by atoms with Crippen LogP contribution in [0.15, 0.2) is 28.4 Å². The first-order valence-electron chi connectivity index (χ1n) is 6.36. The maximum absolute atomic E-state index is 9.98. The van der Waals surface area contributed by atoms with E-state index in [0.717, 1.165) is 18.7 Å². The molecule has 0 amide bonds. The summed E-state index contributed by atoms with van der Waals surface area (Å²) >= 11 is 1.18. The van der Waals surface area contributed by atoms with E-state index in [1.807, 2.05) is 13.1 Å². The Bertz CT molecular complexity index is 611. The van der Waals surface area contributed by atoms with E-state index in [1.54, 1.807) is 19.1 Å². The monoisotopic (exact) mass is 291 g/mol. The van der Waals surface area contributed by atoms with Crippen LogP contribution in [0.5, 0.6) is 5.75 Å². The summed E-state index contributed by atoms with van der Waals surface area (Å²) in [6, 6.07) is 5.35. The summed E-state index contributed by atoms with van der Waals surface area (Å²) in [5.74, 6) is 0.778. The van der Waals surface area contributed by atoms with Crippen molar-refractivity contribution in [3.05, 3.63) is 24.0 Å². The SMILES string of the molecule is CCCN(C)c1ccc(N=Nc2nc(C)ns2)c(O)c1. The Morgan fingerprint density at radius 1 is 1.35 bits per heavy atom. The first kappa shape index (κ1) is 14.4. The van der Waals surface area contributed by atoms with Gasteiger partial charge in [0.1, 0.15) is 17.3 Å². The van der Waals surface area contributed by atoms with Crippen molar-refractivity contribution in [1.29, 1.82) is 0 Å². The van der Waals surface area contributed by atoms with Crippen molar-refractivity contribution < 1.29 is 5.11 Å². The van der Waals surface area contributed by atoms with Crippen molar-refractivity contribution in [2.45, 2.75) is 20.3 Å². The number of azo groups is 1. The highest BCUT2D eigenvalue weighted by molar-refractivity contribution is 7.09. The molecule has 1 heterocycles. The van der Waals surface area contributed by atoms with Gasteiger partial charge in [0.05, 0.1) is 0 Å². The summed E-state index contributed by atoms with van der Waals surface area (Å²) in [7, 11) is 1.99. The molecule has 0 atom stereocenters. The van der Waals surface area contributed by atoms with E-state index >= 15 is 0 Å². The number of hydrogen-bond donors (Lipinski definition) is 1. The Morgan fingerprint density at radius 2 is 2.15 bits per heavy atom. The van der Waals surface area contributed by atoms with Gasteiger partial charge < -0.3 is 10.0 Å². The van der Waals surface area contributed by atoms with Gasteiger partial charge in [0.15, 0.2) is 0 Å². The molecule has 2 rings (SSSR count). The number of aromatic hydroxyl groups is 1. The van der Waals surface area contributed by atoms with Gasteiger partial charge in [-0.2, -0.15) is 4.37 Å². The second-order valence-electron chi connectivity index (χ2n) is 4.42. The molecule has 1 aromatic heterocycles. The van der Waals surface area contributed by atoms with Gasteiger partial charge in [-0.15, -0.1) is 10.2 Å². The second kappa shape index (κ2) is 6.42. The summed E-state index contributed by atoms with van der Waals surface area (Å²) in [6.45, 7) is 4.85. The maximum Gasteiger partial charge on any atom is 0.249 e. The average molecular weight is 291 g/mol. The maximum atomic E-state index is 9.98. The van der Waals surface area contributed by atoms with Gasteiger partial charge in [-0.25, -0.2) is 4.98 Å². The Morgan fingerprint density at radius 3 is 2.75 bits per heavy atom. The third-order valence-corrected chi connectivity index (χ3v) is 3.41. The molecule has 1 N–H and O–H groups in total. The lowest BCUT2D eigenvalue weighted by Gasteiger charge is -2.18. The summed E-state index contributed by atoms with van der Waals surface area (Å²) < 4.78 is 4.02. The van der Waals surface area contributed by atoms with Crippen LogP contribution in [0.25, 0.3) is 0 Å². The minimum absolute atomic E-state index is 0.107. The number of aromatic nitrogens is 2. The Kier molecular flexibility index (Phi) is 4.62. The largest absolute Gasteiger partial charge is 0.506 e. The lowest BCUT2D eigenvalue weighted by molar-refractivity contribution is 0.476. The van der Waals surface area contributed by atoms with E-state index in [1.165, 1.54) is 11.5 Å². The molecule has 0 aliphatic heterocycles. The molecule has 106 valence electrons. The molecule has 20 heavy (non-hydrogen) atoms. The normalized spacial score (nSPS) is 11.2. The van der Waals surface area contributed by atoms with Crippen LogP contribution in [-0.4, -0.2) is 28.1 Å². The minimum atomic E-state index is 0.107. The van der Waals surface area contributed by atoms with Gasteiger partial charge in [-0.1, -0.05) is 6.92 Å². The molecule has 0 aliphatic carbocycles. The van der Waals surface area contributed by atoms with Crippen LogP contribution in [-0.2, 0) is 0 Å². The van der Waals surface area contributed by atoms with Crippen molar-refractivity contribution in [3.8, 4) is 5.75 Å². The van der Waals surface area contributed by atoms with Crippen molar-refractivity contribution in [2.24, 2.45) is 10.2 Å². The number of hydrogen-bond acceptors (Lipinski definition) is 7. The van der Waals surface area contributed by atoms with Crippen LogP contribution < -0.4 is 4.90 Å². The van der Waals surface area contributed by atoms with E-state index in [2.05, 4.69) is 31.4 Å². The number of phenols is 1. The first-order chi connectivity index (χ1) is 9.60. The molecule has 0 fully saturated rings. The van der Waals surface area contributed by atoms with Gasteiger partial charge in [0.25, 0.3) is 0 Å². The van der Waals surface area contributed by atoms with E-state index < -0.39 is 0 Å². The number of aryl methyl sites for hydroxylation is 1. The van der Waals surface area contributed by atoms with Crippen molar-refractivity contribution in [3.63, 3.8) is 0 Å². The Balaban J connectivity index is 2.15. The minimum Gasteiger partial charge on any atom is -0.506 e. The molecule has 6 nitrogen and oxygen atoms in total. The van der Waals surface area contributed by atoms with E-state index in [4.69, 9.17) is 0 Å². The zero-order chi connectivity index (χ0) is 14.5. The van der Waals surface area contributed by atoms with Gasteiger partial charge in [0.2, 0.25) is 5.13 Å². The summed E-state index contributed by atoms with van der Waals surface area (Å²) in [5, 5.41) is 18.4. The van der Waals surface area contributed by atoms with Gasteiger partial charge in [-0.3, -0.25) is 0 Å². The average Bonchev–Trinajstić information content (AvgIpc) is 2.83. The van der Waals surface area contributed by atoms with Crippen LogP contribution >= 0.6 is 11.5 Å². The van der Waals surface area contributed by atoms with Crippen molar-refractivity contribution in [2.75, 3.05) is 18.5 Å². The van der Waals surface area contributed by atoms with E-state index in [0.29, 0.717) is 16.6 Å². The fourth-order valence-electron chi connectivity index (χ4n) is 1.72. The van der Waals surface area contributed by atoms with Crippen LogP contribution in [0, 0.1) is 6.92 Å². The Labute approximate surface area is 122 Å². The standard InChI is InChI=1S/C13H17N5OS/c1-4-7-18(3)10-5-6-11(12(19)8-10)15-16-13-14-9(2)17-20-13/h5-6,8,19H,4,7H2,1-3H3. The molecule has 0 unspecified atom stereocenters. The number of phenolic OH excluding ortho intramolecular Hbond substituents is 1. The zero-order valence-electron chi connectivity index (χ0n) is 11.7. The fraction of sp³-hybridized carbons (Fsp3) is 0.385. The number of nitrogens with zero attached hydrogens (tertiary/aromatic N) is 5. The highest BCUT2D eigenvalue weighted by Gasteiger charge is 2.05. The molecule has 0 saturated heterocycles. The molecular weight excluding hydrogens is 274 g/mol. The molecule has 0 saturated carbocycles. The second-order valence-corrected chi connectivity index (χ2v) is 5.15. The predicted molar refractivity (Wildman–Crippen MR) is 80.5 cm³/mol. The number of rotatable bonds is 5. The molecule has 0 radical (unpaired) electrons. The van der Waals surface area contributed by atoms with E-state index in [9.17, 15) is 5.11 Å². The van der Waals surface area contributed by atoms with Crippen LogP contribution in [0.2, 0.25) is 0 Å². The summed E-state index contributed by atoms with van der Waals surface area (Å²) in [4.78, 5) is 6.16. The molecular formula is C13H17N5OS. The van der Waals surface area contributed by atoms with Crippen molar-refractivity contribution in [1.82, 2.24) is 9.36 Å². The van der Waals surface area contributed by atoms with Gasteiger partial charge in [-0.05, 0) is 25.5 Å². The highest BCUT2D eigenvalue weighted by Crippen LogP contribution is 2.32. The quantitative estimate of drug-likeness (QED) is 0.850. The summed E-state index contributed by atoms with van der Waals surface area (Å²) in [6.07, 6.45) is 1.05. The molecule has 0 spiro atoms. The lowest BCUT2D eigenvalue weighted by atomic mass is 10.2. The fourth-order valence-corrected chi connectivity index (χ4v) is 2.23. The highest BCUT2D eigenvalue weighted by atomic mass is 32.1. The third-order valence-electron chi connectivity index (χ3n) is 2.72. The molecule has 2 aromatic rings. The van der Waals surface area contributed by atoms with Crippen LogP contribution in [0.4, 0.5) is 16.5 Å². The van der Waals surface area contributed by atoms with Crippen LogP contribution in [0.3, 0.4) is 0 Å². The topological polar surface area (TPSA) is 74.0 Å². The zero-order valence-corrected chi connectivity index (χ0v) is 12.6. The van der Waals surface area contributed by atoms with Crippen LogP contribution in [0.1, 0.15) is 19.2 Å². The van der Waals surface area contributed by atoms with Gasteiger partial charge >= 0.3 is 0 Å². The molecule has 0 bridgehead atoms. The summed E-state index contributed by atoms with van der Waals surface area (Å²) in [5.41, 5.74) is 1.38. The Hall–Kier alpha value is -2.02.